The molecule has 0 aliphatic heterocycles. The number of ether oxygens (including phenoxy) is 2. The first-order valence-electron chi connectivity index (χ1n) is 5.39. The molecule has 0 saturated heterocycles. The van der Waals surface area contributed by atoms with Crippen LogP contribution in [0.5, 0.6) is 0 Å². The predicted molar refractivity (Wildman–Crippen MR) is 66.2 cm³/mol. The molecule has 1 aromatic heterocycles. The van der Waals surface area contributed by atoms with Crippen molar-refractivity contribution in [1.82, 2.24) is 9.55 Å². The number of carbonyl (C=O) groups is 2. The first-order chi connectivity index (χ1) is 9.01. The van der Waals surface area contributed by atoms with E-state index in [2.05, 4.69) is 14.5 Å². The summed E-state index contributed by atoms with van der Waals surface area (Å²) in [5, 5.41) is 0. The van der Waals surface area contributed by atoms with Crippen molar-refractivity contribution in [2.75, 3.05) is 14.2 Å². The number of esters is 2. The van der Waals surface area contributed by atoms with Crippen LogP contribution in [0.4, 0.5) is 0 Å². The molecule has 0 saturated carbocycles. The molecule has 1 N–H and O–H groups in total. The van der Waals surface area contributed by atoms with Gasteiger partial charge in [0.25, 0.3) is 0 Å². The van der Waals surface area contributed by atoms with Gasteiger partial charge in [-0.15, -0.1) is 0 Å². The molecule has 1 aromatic carbocycles. The summed E-state index contributed by atoms with van der Waals surface area (Å²) >= 11 is 0. The third kappa shape index (κ3) is 1.88. The predicted octanol–water partition coefficient (Wildman–Crippen LogP) is 0.440. The van der Waals surface area contributed by atoms with Gasteiger partial charge in [0.15, 0.2) is 0 Å². The zero-order valence-corrected chi connectivity index (χ0v) is 10.6. The Balaban J connectivity index is 2.88. The lowest BCUT2D eigenvalue weighted by Crippen LogP contribution is -2.12. The van der Waals surface area contributed by atoms with E-state index < -0.39 is 11.9 Å². The van der Waals surface area contributed by atoms with E-state index in [1.807, 2.05) is 0 Å². The average Bonchev–Trinajstić information content (AvgIpc) is 2.71. The molecule has 0 amide bonds. The van der Waals surface area contributed by atoms with Crippen molar-refractivity contribution < 1.29 is 19.1 Å². The molecule has 0 aliphatic rings. The lowest BCUT2D eigenvalue weighted by atomic mass is 10.1. The second-order valence-corrected chi connectivity index (χ2v) is 3.85. The highest BCUT2D eigenvalue weighted by atomic mass is 16.5. The van der Waals surface area contributed by atoms with Gasteiger partial charge in [-0.25, -0.2) is 14.4 Å². The summed E-state index contributed by atoms with van der Waals surface area (Å²) in [6, 6.07) is 2.99. The van der Waals surface area contributed by atoms with Crippen LogP contribution < -0.4 is 5.69 Å². The smallest absolute Gasteiger partial charge is 0.340 e. The van der Waals surface area contributed by atoms with Crippen molar-refractivity contribution in [3.8, 4) is 0 Å². The molecule has 2 aromatic rings. The summed E-state index contributed by atoms with van der Waals surface area (Å²) in [6.45, 7) is 0. The Morgan fingerprint density at radius 2 is 1.79 bits per heavy atom. The van der Waals surface area contributed by atoms with Crippen molar-refractivity contribution in [3.63, 3.8) is 0 Å². The Bertz CT molecular complexity index is 726. The van der Waals surface area contributed by atoms with Crippen molar-refractivity contribution in [3.05, 3.63) is 33.7 Å². The molecule has 0 unspecified atom stereocenters. The number of nitrogens with one attached hydrogen (secondary N) is 1. The number of aromatic amines is 1. The topological polar surface area (TPSA) is 90.4 Å². The van der Waals surface area contributed by atoms with E-state index in [1.165, 1.54) is 24.9 Å². The minimum atomic E-state index is -0.715. The number of nitrogens with zero attached hydrogens (tertiary/aromatic N) is 1. The van der Waals surface area contributed by atoms with Gasteiger partial charge in [-0.1, -0.05) is 0 Å². The van der Waals surface area contributed by atoms with E-state index in [4.69, 9.17) is 0 Å². The van der Waals surface area contributed by atoms with Crippen molar-refractivity contribution in [1.29, 1.82) is 0 Å². The maximum atomic E-state index is 11.8. The third-order valence-electron chi connectivity index (χ3n) is 2.88. The number of H-pyrrole nitrogens is 1. The Hall–Kier alpha value is -2.57. The maximum Gasteiger partial charge on any atom is 0.340 e. The summed E-state index contributed by atoms with van der Waals surface area (Å²) < 4.78 is 10.6. The van der Waals surface area contributed by atoms with Gasteiger partial charge in [0.2, 0.25) is 0 Å². The minimum absolute atomic E-state index is 0.00968. The van der Waals surface area contributed by atoms with Crippen LogP contribution in [0, 0.1) is 0 Å². The molecule has 0 spiro atoms. The molecular formula is C12H12N2O5. The van der Waals surface area contributed by atoms with Crippen LogP contribution in [-0.4, -0.2) is 35.7 Å². The van der Waals surface area contributed by atoms with E-state index >= 15 is 0 Å². The Kier molecular flexibility index (Phi) is 3.12. The molecule has 0 fully saturated rings. The first kappa shape index (κ1) is 12.9. The van der Waals surface area contributed by atoms with E-state index in [9.17, 15) is 14.4 Å². The van der Waals surface area contributed by atoms with E-state index in [0.29, 0.717) is 5.52 Å². The standard InChI is InChI=1S/C12H12N2O5/c1-14-7-5-4-6(10(15)18-2)8(11(16)19-3)9(7)13-12(14)17/h4-5H,1-3H3,(H,13,17). The summed E-state index contributed by atoms with van der Waals surface area (Å²) in [4.78, 5) is 37.6. The van der Waals surface area contributed by atoms with Crippen LogP contribution >= 0.6 is 0 Å². The van der Waals surface area contributed by atoms with E-state index in [-0.39, 0.29) is 22.3 Å². The number of imidazole rings is 1. The Morgan fingerprint density at radius 3 is 2.37 bits per heavy atom. The van der Waals surface area contributed by atoms with Crippen LogP contribution in [0.15, 0.2) is 16.9 Å². The summed E-state index contributed by atoms with van der Waals surface area (Å²) in [6.07, 6.45) is 0. The number of aryl methyl sites for hydroxylation is 1. The molecule has 1 heterocycles. The summed E-state index contributed by atoms with van der Waals surface area (Å²) in [7, 11) is 3.96. The lowest BCUT2D eigenvalue weighted by Gasteiger charge is -2.07. The highest BCUT2D eigenvalue weighted by molar-refractivity contribution is 6.11. The molecule has 7 nitrogen and oxygen atoms in total. The first-order valence-corrected chi connectivity index (χ1v) is 5.39. The van der Waals surface area contributed by atoms with Crippen LogP contribution in [0.3, 0.4) is 0 Å². The zero-order chi connectivity index (χ0) is 14.2. The summed E-state index contributed by atoms with van der Waals surface area (Å²) in [5.74, 6) is -1.39. The van der Waals surface area contributed by atoms with Crippen LogP contribution in [-0.2, 0) is 16.5 Å². The molecule has 2 rings (SSSR count). The molecule has 19 heavy (non-hydrogen) atoms. The van der Waals surface area contributed by atoms with E-state index in [1.54, 1.807) is 13.1 Å². The van der Waals surface area contributed by atoms with Gasteiger partial charge >= 0.3 is 17.6 Å². The van der Waals surface area contributed by atoms with Gasteiger partial charge in [0, 0.05) is 7.05 Å². The Morgan fingerprint density at radius 1 is 1.16 bits per heavy atom. The molecule has 7 heteroatoms. The van der Waals surface area contributed by atoms with Gasteiger partial charge in [0.1, 0.15) is 0 Å². The molecule has 0 radical (unpaired) electrons. The number of hydrogen-bond acceptors (Lipinski definition) is 5. The van der Waals surface area contributed by atoms with E-state index in [0.717, 1.165) is 0 Å². The monoisotopic (exact) mass is 264 g/mol. The second kappa shape index (κ2) is 4.60. The third-order valence-corrected chi connectivity index (χ3v) is 2.88. The van der Waals surface area contributed by atoms with Crippen molar-refractivity contribution >= 4 is 23.0 Å². The van der Waals surface area contributed by atoms with Gasteiger partial charge in [0.05, 0.1) is 36.4 Å². The molecule has 100 valence electrons. The quantitative estimate of drug-likeness (QED) is 0.795. The van der Waals surface area contributed by atoms with Gasteiger partial charge in [-0.3, -0.25) is 4.57 Å². The summed E-state index contributed by atoms with van der Waals surface area (Å²) in [5.41, 5.74) is 0.399. The fraction of sp³-hybridized carbons (Fsp3) is 0.250. The largest absolute Gasteiger partial charge is 0.465 e. The number of aromatic nitrogens is 2. The van der Waals surface area contributed by atoms with Crippen LogP contribution in [0.1, 0.15) is 20.7 Å². The fourth-order valence-corrected chi connectivity index (χ4v) is 1.89. The highest BCUT2D eigenvalue weighted by Gasteiger charge is 2.23. The van der Waals surface area contributed by atoms with Gasteiger partial charge in [-0.2, -0.15) is 0 Å². The number of benzene rings is 1. The lowest BCUT2D eigenvalue weighted by molar-refractivity contribution is 0.0557. The van der Waals surface area contributed by atoms with Crippen molar-refractivity contribution in [2.24, 2.45) is 7.05 Å². The fourth-order valence-electron chi connectivity index (χ4n) is 1.89. The normalized spacial score (nSPS) is 10.5. The maximum absolute atomic E-state index is 11.8. The number of carbonyl (C=O) groups excluding carboxylic acids is 2. The van der Waals surface area contributed by atoms with Gasteiger partial charge in [-0.05, 0) is 12.1 Å². The average molecular weight is 264 g/mol. The molecule has 0 atom stereocenters. The molecule has 0 aliphatic carbocycles. The minimum Gasteiger partial charge on any atom is -0.465 e. The highest BCUT2D eigenvalue weighted by Crippen LogP contribution is 2.21. The molecule has 0 bridgehead atoms. The SMILES string of the molecule is COC(=O)c1ccc2c([nH]c(=O)n2C)c1C(=O)OC. The van der Waals surface area contributed by atoms with Crippen LogP contribution in [0.2, 0.25) is 0 Å². The van der Waals surface area contributed by atoms with Crippen LogP contribution in [0.25, 0.3) is 11.0 Å². The number of methoxy groups -OCH3 is 2. The Labute approximate surface area is 107 Å². The second-order valence-electron chi connectivity index (χ2n) is 3.85. The van der Waals surface area contributed by atoms with Crippen molar-refractivity contribution in [2.45, 2.75) is 0 Å². The zero-order valence-electron chi connectivity index (χ0n) is 10.6. The number of hydrogen-bond donors (Lipinski definition) is 1. The number of rotatable bonds is 2. The number of fused-ring (bicyclic) bond motifs is 1. The molecular weight excluding hydrogens is 252 g/mol. The van der Waals surface area contributed by atoms with Gasteiger partial charge < -0.3 is 14.5 Å².